The highest BCUT2D eigenvalue weighted by Crippen LogP contribution is 2.30. The first-order valence-corrected chi connectivity index (χ1v) is 6.61. The van der Waals surface area contributed by atoms with Crippen LogP contribution in [0.25, 0.3) is 0 Å². The van der Waals surface area contributed by atoms with Crippen LogP contribution in [0.3, 0.4) is 0 Å². The quantitative estimate of drug-likeness (QED) is 0.844. The fourth-order valence-corrected chi connectivity index (χ4v) is 2.66. The van der Waals surface area contributed by atoms with Gasteiger partial charge in [-0.05, 0) is 6.07 Å². The Labute approximate surface area is 141 Å². The number of nitrogens with one attached hydrogen (secondary N) is 1. The van der Waals surface area contributed by atoms with Crippen LogP contribution in [0.4, 0.5) is 0 Å². The van der Waals surface area contributed by atoms with Crippen molar-refractivity contribution in [3.05, 3.63) is 28.0 Å². The molecule has 0 spiro atoms. The van der Waals surface area contributed by atoms with Crippen LogP contribution >= 0.6 is 48.0 Å². The highest BCUT2D eigenvalue weighted by atomic mass is 35.5. The lowest BCUT2D eigenvalue weighted by Gasteiger charge is -2.34. The van der Waals surface area contributed by atoms with Gasteiger partial charge in [0.25, 0.3) is 0 Å². The van der Waals surface area contributed by atoms with Gasteiger partial charge in [0, 0.05) is 31.7 Å². The lowest BCUT2D eigenvalue weighted by atomic mass is 10.0. The number of piperazine rings is 1. The molecule has 1 aliphatic heterocycles. The number of nitrogens with zero attached hydrogens (tertiary/aromatic N) is 3. The van der Waals surface area contributed by atoms with E-state index in [-0.39, 0.29) is 30.9 Å². The first kappa shape index (κ1) is 19.7. The van der Waals surface area contributed by atoms with E-state index in [1.54, 1.807) is 6.07 Å². The largest absolute Gasteiger partial charge is 0.314 e. The Bertz CT molecular complexity index is 457. The summed E-state index contributed by atoms with van der Waals surface area (Å²) >= 11 is 11.9. The van der Waals surface area contributed by atoms with Crippen LogP contribution in [0.1, 0.15) is 18.0 Å². The third-order valence-electron chi connectivity index (χ3n) is 3.08. The predicted octanol–water partition coefficient (Wildman–Crippen LogP) is 3.09. The number of hydrogen-bond donors (Lipinski definition) is 1. The molecule has 0 unspecified atom stereocenters. The molecule has 2 heterocycles. The summed E-state index contributed by atoms with van der Waals surface area (Å²) in [6, 6.07) is 5.80. The van der Waals surface area contributed by atoms with Crippen LogP contribution in [-0.4, -0.2) is 36.1 Å². The summed E-state index contributed by atoms with van der Waals surface area (Å²) < 4.78 is 0. The van der Waals surface area contributed by atoms with Crippen molar-refractivity contribution in [1.82, 2.24) is 15.2 Å². The van der Waals surface area contributed by atoms with Gasteiger partial charge < -0.3 is 5.32 Å². The zero-order valence-corrected chi connectivity index (χ0v) is 13.8. The third-order valence-corrected chi connectivity index (χ3v) is 3.59. The van der Waals surface area contributed by atoms with Gasteiger partial charge in [-0.2, -0.15) is 5.26 Å². The van der Waals surface area contributed by atoms with Crippen LogP contribution in [-0.2, 0) is 0 Å². The molecule has 1 aromatic rings. The smallest absolute Gasteiger partial charge is 0.135 e. The van der Waals surface area contributed by atoms with Crippen molar-refractivity contribution in [2.75, 3.05) is 26.2 Å². The number of pyridine rings is 1. The summed E-state index contributed by atoms with van der Waals surface area (Å²) in [5, 5.41) is 13.0. The molecule has 0 radical (unpaired) electrons. The monoisotopic (exact) mass is 356 g/mol. The second-order valence-corrected chi connectivity index (χ2v) is 4.92. The van der Waals surface area contributed by atoms with Crippen molar-refractivity contribution in [1.29, 1.82) is 5.26 Å². The molecule has 0 aromatic carbocycles. The molecule has 0 aliphatic carbocycles. The van der Waals surface area contributed by atoms with E-state index in [4.69, 9.17) is 28.5 Å². The maximum Gasteiger partial charge on any atom is 0.135 e. The first-order chi connectivity index (χ1) is 8.72. The van der Waals surface area contributed by atoms with E-state index < -0.39 is 0 Å². The van der Waals surface area contributed by atoms with Crippen molar-refractivity contribution in [3.8, 4) is 6.07 Å². The number of nitriles is 1. The maximum absolute atomic E-state index is 8.99. The average molecular weight is 358 g/mol. The average Bonchev–Trinajstić information content (AvgIpc) is 2.38. The number of hydrogen-bond acceptors (Lipinski definition) is 4. The molecule has 0 amide bonds. The van der Waals surface area contributed by atoms with E-state index in [9.17, 15) is 0 Å². The Morgan fingerprint density at radius 1 is 1.30 bits per heavy atom. The Hall–Kier alpha value is -0.280. The molecule has 0 bridgehead atoms. The van der Waals surface area contributed by atoms with Crippen LogP contribution in [0.2, 0.25) is 10.3 Å². The molecule has 1 aliphatic rings. The molecule has 20 heavy (non-hydrogen) atoms. The number of aromatic nitrogens is 1. The molecule has 1 N–H and O–H groups in total. The third kappa shape index (κ3) is 4.92. The fourth-order valence-electron chi connectivity index (χ4n) is 2.19. The predicted molar refractivity (Wildman–Crippen MR) is 86.2 cm³/mol. The molecule has 1 atom stereocenters. The lowest BCUT2D eigenvalue weighted by molar-refractivity contribution is 0.175. The summed E-state index contributed by atoms with van der Waals surface area (Å²) in [6.45, 7) is 3.68. The van der Waals surface area contributed by atoms with Crippen molar-refractivity contribution < 1.29 is 0 Å². The van der Waals surface area contributed by atoms with E-state index in [0.29, 0.717) is 16.7 Å². The molecular formula is C12H16Cl4N4. The van der Waals surface area contributed by atoms with Gasteiger partial charge >= 0.3 is 0 Å². The highest BCUT2D eigenvalue weighted by molar-refractivity contribution is 6.32. The molecule has 1 saturated heterocycles. The van der Waals surface area contributed by atoms with Crippen molar-refractivity contribution in [3.63, 3.8) is 0 Å². The molecule has 1 aromatic heterocycles. The fraction of sp³-hybridized carbons (Fsp3) is 0.500. The van der Waals surface area contributed by atoms with Crippen LogP contribution < -0.4 is 5.32 Å². The zero-order chi connectivity index (χ0) is 13.0. The minimum absolute atomic E-state index is 0. The Morgan fingerprint density at radius 2 is 1.95 bits per heavy atom. The summed E-state index contributed by atoms with van der Waals surface area (Å²) in [6.07, 6.45) is 0.406. The molecule has 1 fully saturated rings. The van der Waals surface area contributed by atoms with Gasteiger partial charge in [0.1, 0.15) is 10.3 Å². The Balaban J connectivity index is 0.00000180. The maximum atomic E-state index is 8.99. The second-order valence-electron chi connectivity index (χ2n) is 4.18. The Kier molecular flexibility index (Phi) is 9.48. The molecule has 4 nitrogen and oxygen atoms in total. The zero-order valence-electron chi connectivity index (χ0n) is 10.7. The number of halogens is 4. The van der Waals surface area contributed by atoms with E-state index in [1.807, 2.05) is 6.07 Å². The van der Waals surface area contributed by atoms with E-state index in [2.05, 4.69) is 21.3 Å². The van der Waals surface area contributed by atoms with Gasteiger partial charge in [-0.25, -0.2) is 4.98 Å². The van der Waals surface area contributed by atoms with Gasteiger partial charge in [0.05, 0.1) is 18.5 Å². The minimum Gasteiger partial charge on any atom is -0.314 e. The van der Waals surface area contributed by atoms with Gasteiger partial charge in [-0.15, -0.1) is 24.8 Å². The van der Waals surface area contributed by atoms with E-state index in [0.717, 1.165) is 31.7 Å². The van der Waals surface area contributed by atoms with Crippen LogP contribution in [0.5, 0.6) is 0 Å². The second kappa shape index (κ2) is 9.62. The van der Waals surface area contributed by atoms with Gasteiger partial charge in [-0.1, -0.05) is 29.3 Å². The SMILES string of the molecule is Cl.Cl.N#CC[C@@H](c1ccc(Cl)nc1Cl)N1CCNCC1. The highest BCUT2D eigenvalue weighted by Gasteiger charge is 2.24. The normalized spacial score (nSPS) is 16.4. The molecule has 112 valence electrons. The van der Waals surface area contributed by atoms with Gasteiger partial charge in [-0.3, -0.25) is 4.90 Å². The molecular weight excluding hydrogens is 342 g/mol. The molecule has 0 saturated carbocycles. The summed E-state index contributed by atoms with van der Waals surface area (Å²) in [7, 11) is 0. The van der Waals surface area contributed by atoms with Crippen molar-refractivity contribution in [2.45, 2.75) is 12.5 Å². The van der Waals surface area contributed by atoms with E-state index >= 15 is 0 Å². The van der Waals surface area contributed by atoms with Gasteiger partial charge in [0.15, 0.2) is 0 Å². The van der Waals surface area contributed by atoms with Crippen LogP contribution in [0, 0.1) is 11.3 Å². The van der Waals surface area contributed by atoms with Gasteiger partial charge in [0.2, 0.25) is 0 Å². The van der Waals surface area contributed by atoms with E-state index in [1.165, 1.54) is 0 Å². The molecule has 2 rings (SSSR count). The summed E-state index contributed by atoms with van der Waals surface area (Å²) in [5.74, 6) is 0. The summed E-state index contributed by atoms with van der Waals surface area (Å²) in [5.41, 5.74) is 0.879. The standard InChI is InChI=1S/C12H14Cl2N4.2ClH/c13-11-2-1-9(12(14)17-11)10(3-4-15)18-7-5-16-6-8-18;;/h1-2,10,16H,3,5-8H2;2*1H/t10-;;/m0../s1. The number of rotatable bonds is 3. The minimum atomic E-state index is -0.00522. The molecule has 8 heteroatoms. The topological polar surface area (TPSA) is 52.0 Å². The summed E-state index contributed by atoms with van der Waals surface area (Å²) in [4.78, 5) is 6.31. The lowest BCUT2D eigenvalue weighted by Crippen LogP contribution is -2.45. The van der Waals surface area contributed by atoms with Crippen molar-refractivity contribution in [2.24, 2.45) is 0 Å². The Morgan fingerprint density at radius 3 is 2.50 bits per heavy atom. The van der Waals surface area contributed by atoms with Crippen molar-refractivity contribution >= 4 is 48.0 Å². The van der Waals surface area contributed by atoms with Crippen LogP contribution in [0.15, 0.2) is 12.1 Å². The first-order valence-electron chi connectivity index (χ1n) is 5.86.